The number of piperidine rings is 1. The number of nitrogens with zero attached hydrogens (tertiary/aromatic N) is 4. The summed E-state index contributed by atoms with van der Waals surface area (Å²) in [7, 11) is 1.71. The minimum Gasteiger partial charge on any atom is -0.497 e. The molecule has 2 saturated heterocycles. The first-order valence-electron chi connectivity index (χ1n) is 11.5. The van der Waals surface area contributed by atoms with Crippen LogP contribution in [0.2, 0.25) is 0 Å². The Balaban J connectivity index is 1.46. The van der Waals surface area contributed by atoms with Gasteiger partial charge >= 0.3 is 0 Å². The van der Waals surface area contributed by atoms with Crippen LogP contribution in [0.25, 0.3) is 0 Å². The number of carbonyl (C=O) groups is 1. The standard InChI is InChI=1S/C23H38N6O2/c1-3-25-23(26-10-6-12-27-11-5-7-19(18-27)22(24)30)29-15-13-28(14-16-29)20-8-4-9-21(17-20)31-2/h4,8-9,17,19H,3,5-7,10-16,18H2,1-2H3,(H2,24,30)(H,25,26). The quantitative estimate of drug-likeness (QED) is 0.368. The minimum absolute atomic E-state index is 0.00967. The van der Waals surface area contributed by atoms with Crippen LogP contribution in [-0.2, 0) is 4.79 Å². The number of benzene rings is 1. The first-order chi connectivity index (χ1) is 15.1. The molecule has 1 atom stereocenters. The number of primary amides is 1. The zero-order valence-corrected chi connectivity index (χ0v) is 19.1. The number of aliphatic imine (C=N–C) groups is 1. The number of amides is 1. The summed E-state index contributed by atoms with van der Waals surface area (Å²) in [5, 5.41) is 3.45. The molecule has 3 N–H and O–H groups in total. The minimum atomic E-state index is -0.162. The van der Waals surface area contributed by atoms with Crippen molar-refractivity contribution in [3.8, 4) is 5.75 Å². The molecule has 0 aromatic heterocycles. The Morgan fingerprint density at radius 1 is 1.26 bits per heavy atom. The normalized spacial score (nSPS) is 20.6. The maximum atomic E-state index is 11.5. The van der Waals surface area contributed by atoms with Crippen LogP contribution in [0.4, 0.5) is 5.69 Å². The Morgan fingerprint density at radius 2 is 2.06 bits per heavy atom. The summed E-state index contributed by atoms with van der Waals surface area (Å²) in [5.74, 6) is 1.74. The van der Waals surface area contributed by atoms with Crippen LogP contribution in [0.1, 0.15) is 26.2 Å². The van der Waals surface area contributed by atoms with E-state index in [0.717, 1.165) is 89.9 Å². The number of guanidine groups is 1. The lowest BCUT2D eigenvalue weighted by Crippen LogP contribution is -2.52. The third-order valence-electron chi connectivity index (χ3n) is 6.13. The highest BCUT2D eigenvalue weighted by molar-refractivity contribution is 5.80. The fourth-order valence-corrected chi connectivity index (χ4v) is 4.38. The Labute approximate surface area is 186 Å². The number of piperazine rings is 1. The average Bonchev–Trinajstić information content (AvgIpc) is 2.81. The third-order valence-corrected chi connectivity index (χ3v) is 6.13. The number of nitrogens with one attached hydrogen (secondary N) is 1. The van der Waals surface area contributed by atoms with Crippen molar-refractivity contribution in [1.82, 2.24) is 15.1 Å². The summed E-state index contributed by atoms with van der Waals surface area (Å²) < 4.78 is 5.36. The summed E-state index contributed by atoms with van der Waals surface area (Å²) in [6.45, 7) is 10.4. The number of rotatable bonds is 8. The van der Waals surface area contributed by atoms with E-state index in [1.807, 2.05) is 12.1 Å². The number of nitrogens with two attached hydrogens (primary N) is 1. The number of likely N-dealkylation sites (tertiary alicyclic amines) is 1. The van der Waals surface area contributed by atoms with Gasteiger partial charge in [0, 0.05) is 57.6 Å². The lowest BCUT2D eigenvalue weighted by molar-refractivity contribution is -0.123. The van der Waals surface area contributed by atoms with Gasteiger partial charge < -0.3 is 30.5 Å². The second kappa shape index (κ2) is 11.8. The average molecular weight is 431 g/mol. The van der Waals surface area contributed by atoms with Gasteiger partial charge in [0.2, 0.25) is 5.91 Å². The lowest BCUT2D eigenvalue weighted by Gasteiger charge is -2.37. The monoisotopic (exact) mass is 430 g/mol. The molecule has 0 aliphatic carbocycles. The molecule has 1 unspecified atom stereocenters. The maximum Gasteiger partial charge on any atom is 0.221 e. The largest absolute Gasteiger partial charge is 0.497 e. The molecule has 8 nitrogen and oxygen atoms in total. The Kier molecular flexibility index (Phi) is 8.82. The van der Waals surface area contributed by atoms with Gasteiger partial charge in [-0.05, 0) is 51.4 Å². The number of anilines is 1. The predicted molar refractivity (Wildman–Crippen MR) is 126 cm³/mol. The Hall–Kier alpha value is -2.48. The third kappa shape index (κ3) is 6.75. The van der Waals surface area contributed by atoms with Crippen molar-refractivity contribution in [1.29, 1.82) is 0 Å². The highest BCUT2D eigenvalue weighted by Gasteiger charge is 2.23. The SMILES string of the molecule is CCNC(=NCCCN1CCCC(C(N)=O)C1)N1CCN(c2cccc(OC)c2)CC1. The molecule has 8 heteroatoms. The number of hydrogen-bond donors (Lipinski definition) is 2. The lowest BCUT2D eigenvalue weighted by atomic mass is 9.97. The van der Waals surface area contributed by atoms with Crippen molar-refractivity contribution in [2.75, 3.05) is 70.9 Å². The van der Waals surface area contributed by atoms with Crippen molar-refractivity contribution >= 4 is 17.6 Å². The van der Waals surface area contributed by atoms with Gasteiger partial charge in [-0.2, -0.15) is 0 Å². The zero-order chi connectivity index (χ0) is 22.1. The molecule has 3 rings (SSSR count). The summed E-state index contributed by atoms with van der Waals surface area (Å²) in [5.41, 5.74) is 6.70. The van der Waals surface area contributed by atoms with E-state index in [9.17, 15) is 4.79 Å². The van der Waals surface area contributed by atoms with Crippen molar-refractivity contribution in [3.05, 3.63) is 24.3 Å². The van der Waals surface area contributed by atoms with Crippen LogP contribution in [0, 0.1) is 5.92 Å². The van der Waals surface area contributed by atoms with Gasteiger partial charge in [0.15, 0.2) is 5.96 Å². The van der Waals surface area contributed by atoms with Gasteiger partial charge in [-0.3, -0.25) is 9.79 Å². The first-order valence-corrected chi connectivity index (χ1v) is 11.5. The molecule has 2 fully saturated rings. The second-order valence-corrected chi connectivity index (χ2v) is 8.31. The molecule has 2 aliphatic rings. The van der Waals surface area contributed by atoms with Gasteiger partial charge in [-0.15, -0.1) is 0 Å². The highest BCUT2D eigenvalue weighted by atomic mass is 16.5. The first kappa shape index (κ1) is 23.2. The fraction of sp³-hybridized carbons (Fsp3) is 0.652. The van der Waals surface area contributed by atoms with E-state index in [-0.39, 0.29) is 11.8 Å². The molecule has 2 aliphatic heterocycles. The van der Waals surface area contributed by atoms with E-state index in [2.05, 4.69) is 39.1 Å². The van der Waals surface area contributed by atoms with E-state index in [1.165, 1.54) is 5.69 Å². The van der Waals surface area contributed by atoms with E-state index < -0.39 is 0 Å². The summed E-state index contributed by atoms with van der Waals surface area (Å²) in [6, 6.07) is 8.26. The smallest absolute Gasteiger partial charge is 0.221 e. The van der Waals surface area contributed by atoms with Crippen LogP contribution in [0.15, 0.2) is 29.3 Å². The Bertz CT molecular complexity index is 733. The summed E-state index contributed by atoms with van der Waals surface area (Å²) >= 11 is 0. The van der Waals surface area contributed by atoms with Crippen LogP contribution in [-0.4, -0.2) is 87.7 Å². The van der Waals surface area contributed by atoms with Gasteiger partial charge in [0.1, 0.15) is 5.75 Å². The second-order valence-electron chi connectivity index (χ2n) is 8.31. The van der Waals surface area contributed by atoms with Gasteiger partial charge in [-0.25, -0.2) is 0 Å². The van der Waals surface area contributed by atoms with Crippen molar-refractivity contribution in [2.45, 2.75) is 26.2 Å². The van der Waals surface area contributed by atoms with Crippen LogP contribution < -0.4 is 20.7 Å². The van der Waals surface area contributed by atoms with Gasteiger partial charge in [0.25, 0.3) is 0 Å². The van der Waals surface area contributed by atoms with E-state index in [0.29, 0.717) is 0 Å². The zero-order valence-electron chi connectivity index (χ0n) is 19.1. The molecule has 0 radical (unpaired) electrons. The molecule has 0 spiro atoms. The van der Waals surface area contributed by atoms with Crippen molar-refractivity contribution in [3.63, 3.8) is 0 Å². The Morgan fingerprint density at radius 3 is 2.77 bits per heavy atom. The molecule has 1 aromatic carbocycles. The molecule has 0 bridgehead atoms. The van der Waals surface area contributed by atoms with Gasteiger partial charge in [0.05, 0.1) is 13.0 Å². The fourth-order valence-electron chi connectivity index (χ4n) is 4.38. The summed E-state index contributed by atoms with van der Waals surface area (Å²) in [6.07, 6.45) is 2.97. The topological polar surface area (TPSA) is 86.4 Å². The molecule has 172 valence electrons. The maximum absolute atomic E-state index is 11.5. The highest BCUT2D eigenvalue weighted by Crippen LogP contribution is 2.22. The molecule has 0 saturated carbocycles. The van der Waals surface area contributed by atoms with Crippen LogP contribution in [0.3, 0.4) is 0 Å². The van der Waals surface area contributed by atoms with Crippen LogP contribution in [0.5, 0.6) is 5.75 Å². The molecule has 1 amide bonds. The number of ether oxygens (including phenoxy) is 1. The number of hydrogen-bond acceptors (Lipinski definition) is 5. The number of methoxy groups -OCH3 is 1. The van der Waals surface area contributed by atoms with E-state index >= 15 is 0 Å². The predicted octanol–water partition coefficient (Wildman–Crippen LogP) is 1.37. The molecular formula is C23H38N6O2. The molecule has 31 heavy (non-hydrogen) atoms. The van der Waals surface area contributed by atoms with Crippen molar-refractivity contribution in [2.24, 2.45) is 16.6 Å². The molecule has 1 aromatic rings. The summed E-state index contributed by atoms with van der Waals surface area (Å²) in [4.78, 5) is 23.4. The molecule has 2 heterocycles. The number of carbonyl (C=O) groups excluding carboxylic acids is 1. The van der Waals surface area contributed by atoms with E-state index in [1.54, 1.807) is 7.11 Å². The van der Waals surface area contributed by atoms with E-state index in [4.69, 9.17) is 15.5 Å². The molecular weight excluding hydrogens is 392 g/mol. The van der Waals surface area contributed by atoms with Crippen molar-refractivity contribution < 1.29 is 9.53 Å². The van der Waals surface area contributed by atoms with Gasteiger partial charge in [-0.1, -0.05) is 6.07 Å². The van der Waals surface area contributed by atoms with Crippen LogP contribution >= 0.6 is 0 Å².